The van der Waals surface area contributed by atoms with Crippen LogP contribution >= 0.6 is 0 Å². The first kappa shape index (κ1) is 24.6. The summed E-state index contributed by atoms with van der Waals surface area (Å²) in [4.78, 5) is 22.5. The molecule has 0 aromatic heterocycles. The zero-order valence-corrected chi connectivity index (χ0v) is 13.7. The Labute approximate surface area is 153 Å². The van der Waals surface area contributed by atoms with E-state index in [1.54, 1.807) is 0 Å². The minimum absolute atomic E-state index is 0.0436. The van der Waals surface area contributed by atoms with Crippen LogP contribution in [-0.4, -0.2) is 41.9 Å². The molecule has 0 aliphatic heterocycles. The normalized spacial score (nSPS) is 15.6. The van der Waals surface area contributed by atoms with Crippen molar-refractivity contribution in [3.8, 4) is 0 Å². The van der Waals surface area contributed by atoms with E-state index in [0.29, 0.717) is 12.1 Å². The zero-order chi connectivity index (χ0) is 23.1. The largest absolute Gasteiger partial charge is 0.462 e. The van der Waals surface area contributed by atoms with E-state index in [0.717, 1.165) is 24.4 Å². The number of rotatable bonds is 6. The van der Waals surface area contributed by atoms with Gasteiger partial charge in [-0.3, -0.25) is 14.3 Å². The van der Waals surface area contributed by atoms with E-state index in [1.165, 1.54) is 0 Å². The van der Waals surface area contributed by atoms with Crippen LogP contribution in [0.5, 0.6) is 0 Å². The van der Waals surface area contributed by atoms with E-state index in [4.69, 9.17) is 0 Å². The van der Waals surface area contributed by atoms with Crippen LogP contribution in [0.2, 0.25) is 0 Å². The molecule has 0 bridgehead atoms. The predicted molar refractivity (Wildman–Crippen MR) is 72.0 cm³/mol. The van der Waals surface area contributed by atoms with Crippen molar-refractivity contribution in [2.24, 2.45) is 0 Å². The van der Waals surface area contributed by atoms with E-state index in [1.807, 2.05) is 0 Å². The molecule has 0 unspecified atom stereocenters. The molecule has 4 nitrogen and oxygen atoms in total. The average molecular weight is 447 g/mol. The van der Waals surface area contributed by atoms with Gasteiger partial charge >= 0.3 is 30.2 Å². The fourth-order valence-electron chi connectivity index (χ4n) is 1.64. The first-order valence-electron chi connectivity index (χ1n) is 6.97. The lowest BCUT2D eigenvalue weighted by Crippen LogP contribution is -2.62. The number of alkyl halides is 11. The van der Waals surface area contributed by atoms with Gasteiger partial charge in [-0.15, -0.1) is 0 Å². The minimum Gasteiger partial charge on any atom is -0.321 e. The van der Waals surface area contributed by atoms with Gasteiger partial charge in [-0.2, -0.15) is 48.3 Å². The van der Waals surface area contributed by atoms with Crippen molar-refractivity contribution in [3.05, 3.63) is 29.8 Å². The molecule has 164 valence electrons. The fraction of sp³-hybridized carbons (Fsp3) is 0.429. The maximum absolute atomic E-state index is 14.0. The summed E-state index contributed by atoms with van der Waals surface area (Å²) in [5, 5.41) is 1.04. The molecule has 0 heterocycles. The number of carbonyl (C=O) groups excluding carboxylic acids is 2. The minimum atomic E-state index is -7.27. The highest BCUT2D eigenvalue weighted by Crippen LogP contribution is 2.51. The molecule has 0 aliphatic rings. The van der Waals surface area contributed by atoms with E-state index >= 15 is 0 Å². The quantitative estimate of drug-likeness (QED) is 0.501. The van der Waals surface area contributed by atoms with Gasteiger partial charge in [0.15, 0.2) is 5.78 Å². The van der Waals surface area contributed by atoms with E-state index in [-0.39, 0.29) is 5.56 Å². The van der Waals surface area contributed by atoms with Crippen LogP contribution in [0.1, 0.15) is 17.3 Å². The second-order valence-corrected chi connectivity index (χ2v) is 5.37. The molecule has 1 atom stereocenters. The lowest BCUT2D eigenvalue weighted by molar-refractivity contribution is -0.472. The Kier molecular flexibility index (Phi) is 6.29. The molecule has 1 rings (SSSR count). The molecule has 0 aliphatic carbocycles. The number of hydrogen-bond donors (Lipinski definition) is 1. The fourth-order valence-corrected chi connectivity index (χ4v) is 1.64. The zero-order valence-electron chi connectivity index (χ0n) is 13.7. The highest BCUT2D eigenvalue weighted by molar-refractivity contribution is 5.98. The van der Waals surface area contributed by atoms with Crippen molar-refractivity contribution < 1.29 is 62.6 Å². The summed E-state index contributed by atoms with van der Waals surface area (Å²) >= 11 is 0. The van der Waals surface area contributed by atoms with Crippen molar-refractivity contribution in [1.82, 2.24) is 0 Å². The highest BCUT2D eigenvalue weighted by Gasteiger charge is 2.79. The van der Waals surface area contributed by atoms with Crippen molar-refractivity contribution in [2.45, 2.75) is 37.2 Å². The summed E-state index contributed by atoms with van der Waals surface area (Å²) in [7, 11) is 0. The molecule has 0 radical (unpaired) electrons. The highest BCUT2D eigenvalue weighted by atomic mass is 19.4. The number of carbonyl (C=O) groups is 2. The summed E-state index contributed by atoms with van der Waals surface area (Å²) in [6.07, 6.45) is -21.0. The van der Waals surface area contributed by atoms with Crippen molar-refractivity contribution in [1.29, 1.82) is 0 Å². The molecule has 0 fully saturated rings. The van der Waals surface area contributed by atoms with Crippen LogP contribution in [0.25, 0.3) is 0 Å². The Balaban J connectivity index is 3.27. The van der Waals surface area contributed by atoms with Crippen LogP contribution in [-0.2, 0) is 9.53 Å². The summed E-state index contributed by atoms with van der Waals surface area (Å²) < 4.78 is 142. The first-order chi connectivity index (χ1) is 12.8. The molecule has 1 N–H and O–H groups in total. The Morgan fingerprint density at radius 1 is 0.793 bits per heavy atom. The molecule has 0 spiro atoms. The Morgan fingerprint density at radius 3 is 1.59 bits per heavy atom. The van der Waals surface area contributed by atoms with Crippen LogP contribution in [0, 0.1) is 0 Å². The van der Waals surface area contributed by atoms with Gasteiger partial charge in [0.25, 0.3) is 5.91 Å². The maximum atomic E-state index is 14.0. The van der Waals surface area contributed by atoms with Crippen LogP contribution in [0.15, 0.2) is 24.3 Å². The van der Waals surface area contributed by atoms with Crippen LogP contribution in [0.3, 0.4) is 0 Å². The summed E-state index contributed by atoms with van der Waals surface area (Å²) in [5.74, 6) is -17.3. The van der Waals surface area contributed by atoms with Gasteiger partial charge in [-0.05, 0) is 31.2 Å². The average Bonchev–Trinajstić information content (AvgIpc) is 2.52. The summed E-state index contributed by atoms with van der Waals surface area (Å²) in [6.45, 7) is 1.07. The number of anilines is 1. The van der Waals surface area contributed by atoms with Crippen LogP contribution in [0.4, 0.5) is 54.0 Å². The smallest absolute Gasteiger partial charge is 0.321 e. The van der Waals surface area contributed by atoms with E-state index < -0.39 is 47.6 Å². The molecule has 1 aromatic carbocycles. The third-order valence-electron chi connectivity index (χ3n) is 3.20. The molecular weight excluding hydrogens is 439 g/mol. The molecule has 0 saturated carbocycles. The molecule has 29 heavy (non-hydrogen) atoms. The van der Waals surface area contributed by atoms with Gasteiger partial charge in [-0.1, -0.05) is 0 Å². The number of ether oxygens (including phenoxy) is 1. The SMILES string of the molecule is CC(=O)c1ccc(NC(=O)[C@](F)(OC(F)(F)C(F)(F)C(F)(F)F)C(F)(F)F)cc1. The monoisotopic (exact) mass is 447 g/mol. The van der Waals surface area contributed by atoms with Crippen molar-refractivity contribution in [3.63, 3.8) is 0 Å². The van der Waals surface area contributed by atoms with Crippen molar-refractivity contribution in [2.75, 3.05) is 5.32 Å². The Hall–Kier alpha value is -2.45. The number of hydrogen-bond acceptors (Lipinski definition) is 3. The first-order valence-corrected chi connectivity index (χ1v) is 6.97. The third-order valence-corrected chi connectivity index (χ3v) is 3.20. The second-order valence-electron chi connectivity index (χ2n) is 5.37. The van der Waals surface area contributed by atoms with Crippen LogP contribution < -0.4 is 5.32 Å². The van der Waals surface area contributed by atoms with Gasteiger partial charge in [0.1, 0.15) is 0 Å². The number of benzene rings is 1. The van der Waals surface area contributed by atoms with Gasteiger partial charge in [0.05, 0.1) is 0 Å². The summed E-state index contributed by atoms with van der Waals surface area (Å²) in [5.41, 5.74) is -0.793. The lowest BCUT2D eigenvalue weighted by atomic mass is 10.1. The third kappa shape index (κ3) is 4.76. The van der Waals surface area contributed by atoms with E-state index in [2.05, 4.69) is 4.74 Å². The number of nitrogens with one attached hydrogen (secondary N) is 1. The predicted octanol–water partition coefficient (Wildman–Crippen LogP) is 4.86. The molecule has 1 amide bonds. The number of Topliss-reactive ketones (excluding diaryl/α,β-unsaturated/α-hetero) is 1. The van der Waals surface area contributed by atoms with E-state index in [9.17, 15) is 57.9 Å². The second kappa shape index (κ2) is 7.42. The molecule has 0 saturated heterocycles. The Bertz CT molecular complexity index is 770. The van der Waals surface area contributed by atoms with Crippen molar-refractivity contribution >= 4 is 17.4 Å². The topological polar surface area (TPSA) is 55.4 Å². The number of ketones is 1. The number of halogens is 11. The maximum Gasteiger partial charge on any atom is 0.462 e. The standard InChI is InChI=1S/C14H8F11NO3/c1-6(27)7-2-4-8(5-3-7)26-9(28)10(15,12(18,19)20)29-14(24,25)11(16,17)13(21,22)23/h2-5H,1H3,(H,26,28)/t10-/m0/s1. The van der Waals surface area contributed by atoms with Gasteiger partial charge in [0.2, 0.25) is 0 Å². The number of amides is 1. The lowest BCUT2D eigenvalue weighted by Gasteiger charge is -2.34. The Morgan fingerprint density at radius 2 is 1.24 bits per heavy atom. The van der Waals surface area contributed by atoms with Gasteiger partial charge in [-0.25, -0.2) is 0 Å². The molecule has 1 aromatic rings. The van der Waals surface area contributed by atoms with Gasteiger partial charge in [0, 0.05) is 11.3 Å². The molecule has 15 heteroatoms. The molecular formula is C14H8F11NO3. The summed E-state index contributed by atoms with van der Waals surface area (Å²) in [6, 6.07) is 3.21. The van der Waals surface area contributed by atoms with Gasteiger partial charge < -0.3 is 5.32 Å².